The van der Waals surface area contributed by atoms with E-state index in [1.807, 2.05) is 6.92 Å². The largest absolute Gasteiger partial charge is 0.478 e. The van der Waals surface area contributed by atoms with E-state index in [1.54, 1.807) is 4.68 Å². The molecule has 1 aromatic heterocycles. The van der Waals surface area contributed by atoms with Crippen LogP contribution in [0.15, 0.2) is 24.4 Å². The lowest BCUT2D eigenvalue weighted by Crippen LogP contribution is -2.07. The minimum Gasteiger partial charge on any atom is -0.478 e. The number of carbonyl (C=O) groups is 1. The maximum absolute atomic E-state index is 13.3. The lowest BCUT2D eigenvalue weighted by Gasteiger charge is -2.09. The van der Waals surface area contributed by atoms with Crippen LogP contribution in [0.4, 0.5) is 8.78 Å². The summed E-state index contributed by atoms with van der Waals surface area (Å²) in [7, 11) is 0. The van der Waals surface area contributed by atoms with Gasteiger partial charge in [0.1, 0.15) is 11.3 Å². The number of carboxylic acids is 1. The number of nitrogens with zero attached hydrogens (tertiary/aromatic N) is 2. The summed E-state index contributed by atoms with van der Waals surface area (Å²) in [4.78, 5) is 11.3. The Balaban J connectivity index is 2.06. The van der Waals surface area contributed by atoms with Gasteiger partial charge < -0.3 is 5.11 Å². The molecule has 1 aliphatic carbocycles. The van der Waals surface area contributed by atoms with Gasteiger partial charge in [-0.05, 0) is 43.9 Å². The van der Waals surface area contributed by atoms with E-state index in [4.69, 9.17) is 0 Å². The maximum Gasteiger partial charge on any atom is 0.339 e. The number of rotatable bonds is 4. The highest BCUT2D eigenvalue weighted by molar-refractivity contribution is 5.94. The van der Waals surface area contributed by atoms with E-state index in [0.717, 1.165) is 25.0 Å². The summed E-state index contributed by atoms with van der Waals surface area (Å²) in [5.74, 6) is -2.62. The molecule has 0 spiro atoms. The van der Waals surface area contributed by atoms with Crippen molar-refractivity contribution in [1.82, 2.24) is 9.78 Å². The Bertz CT molecular complexity index is 708. The number of hydrogen-bond acceptors (Lipinski definition) is 2. The zero-order chi connectivity index (χ0) is 15.1. The van der Waals surface area contributed by atoms with E-state index in [2.05, 4.69) is 5.10 Å². The standard InChI is InChI=1S/C15H14F2N2O2/c1-8(9-2-3-9)19-7-11(15(20)21)14(18-19)10-4-5-12(16)13(17)6-10/h4-9H,2-3H2,1H3,(H,20,21). The van der Waals surface area contributed by atoms with Gasteiger partial charge in [0.05, 0.1) is 6.04 Å². The third kappa shape index (κ3) is 2.53. The molecule has 1 heterocycles. The molecule has 2 aromatic rings. The maximum atomic E-state index is 13.3. The van der Waals surface area contributed by atoms with Crippen molar-refractivity contribution in [2.75, 3.05) is 0 Å². The summed E-state index contributed by atoms with van der Waals surface area (Å²) in [6.45, 7) is 1.98. The minimum absolute atomic E-state index is 0.00601. The molecular formula is C15H14F2N2O2. The van der Waals surface area contributed by atoms with Crippen LogP contribution in [0.3, 0.4) is 0 Å². The van der Waals surface area contributed by atoms with Crippen molar-refractivity contribution in [2.24, 2.45) is 5.92 Å². The summed E-state index contributed by atoms with van der Waals surface area (Å²) in [5.41, 5.74) is 0.412. The van der Waals surface area contributed by atoms with Crippen LogP contribution in [0.2, 0.25) is 0 Å². The number of halogens is 2. The van der Waals surface area contributed by atoms with Gasteiger partial charge >= 0.3 is 5.97 Å². The zero-order valence-corrected chi connectivity index (χ0v) is 11.4. The molecule has 0 aliphatic heterocycles. The van der Waals surface area contributed by atoms with Gasteiger partial charge in [-0.3, -0.25) is 4.68 Å². The first-order valence-electron chi connectivity index (χ1n) is 6.75. The van der Waals surface area contributed by atoms with Crippen molar-refractivity contribution in [3.63, 3.8) is 0 Å². The fourth-order valence-electron chi connectivity index (χ4n) is 2.41. The second-order valence-corrected chi connectivity index (χ2v) is 5.38. The predicted octanol–water partition coefficient (Wildman–Crippen LogP) is 3.50. The molecular weight excluding hydrogens is 278 g/mol. The van der Waals surface area contributed by atoms with Gasteiger partial charge in [-0.25, -0.2) is 13.6 Å². The van der Waals surface area contributed by atoms with Gasteiger partial charge in [0.2, 0.25) is 0 Å². The smallest absolute Gasteiger partial charge is 0.339 e. The highest BCUT2D eigenvalue weighted by Crippen LogP contribution is 2.39. The van der Waals surface area contributed by atoms with Gasteiger partial charge in [0.15, 0.2) is 11.6 Å². The van der Waals surface area contributed by atoms with Gasteiger partial charge in [0, 0.05) is 11.8 Å². The van der Waals surface area contributed by atoms with Gasteiger partial charge in [-0.15, -0.1) is 0 Å². The van der Waals surface area contributed by atoms with E-state index in [0.29, 0.717) is 5.92 Å². The Hall–Kier alpha value is -2.24. The molecule has 1 saturated carbocycles. The molecule has 0 radical (unpaired) electrons. The average Bonchev–Trinajstić information content (AvgIpc) is 3.19. The molecule has 6 heteroatoms. The Morgan fingerprint density at radius 1 is 1.38 bits per heavy atom. The van der Waals surface area contributed by atoms with E-state index in [-0.39, 0.29) is 22.9 Å². The van der Waals surface area contributed by atoms with Crippen LogP contribution in [0.25, 0.3) is 11.3 Å². The minimum atomic E-state index is -1.14. The van der Waals surface area contributed by atoms with E-state index in [9.17, 15) is 18.7 Å². The second-order valence-electron chi connectivity index (χ2n) is 5.38. The lowest BCUT2D eigenvalue weighted by molar-refractivity contribution is 0.0697. The van der Waals surface area contributed by atoms with Crippen LogP contribution in [0, 0.1) is 17.6 Å². The summed E-state index contributed by atoms with van der Waals surface area (Å²) in [5, 5.41) is 13.6. The fraction of sp³-hybridized carbons (Fsp3) is 0.333. The fourth-order valence-corrected chi connectivity index (χ4v) is 2.41. The van der Waals surface area contributed by atoms with Crippen molar-refractivity contribution in [1.29, 1.82) is 0 Å². The number of benzene rings is 1. The molecule has 3 rings (SSSR count). The van der Waals surface area contributed by atoms with Crippen LogP contribution < -0.4 is 0 Å². The van der Waals surface area contributed by atoms with Gasteiger partial charge in [-0.1, -0.05) is 0 Å². The molecule has 1 aliphatic rings. The van der Waals surface area contributed by atoms with Crippen LogP contribution in [-0.2, 0) is 0 Å². The topological polar surface area (TPSA) is 55.1 Å². The summed E-state index contributed by atoms with van der Waals surface area (Å²) in [6.07, 6.45) is 3.66. The molecule has 1 fully saturated rings. The van der Waals surface area contributed by atoms with Crippen LogP contribution in [0.1, 0.15) is 36.2 Å². The molecule has 1 N–H and O–H groups in total. The first kappa shape index (κ1) is 13.7. The van der Waals surface area contributed by atoms with E-state index < -0.39 is 17.6 Å². The number of aromatic carboxylic acids is 1. The van der Waals surface area contributed by atoms with Crippen molar-refractivity contribution in [3.05, 3.63) is 41.6 Å². The third-order valence-electron chi connectivity index (χ3n) is 3.88. The molecule has 110 valence electrons. The molecule has 0 saturated heterocycles. The lowest BCUT2D eigenvalue weighted by atomic mass is 10.1. The highest BCUT2D eigenvalue weighted by atomic mass is 19.2. The quantitative estimate of drug-likeness (QED) is 0.938. The summed E-state index contributed by atoms with van der Waals surface area (Å²) in [6, 6.07) is 3.37. The SMILES string of the molecule is CC(C1CC1)n1cc(C(=O)O)c(-c2ccc(F)c(F)c2)n1. The molecule has 1 unspecified atom stereocenters. The predicted molar refractivity (Wildman–Crippen MR) is 72.0 cm³/mol. The zero-order valence-electron chi connectivity index (χ0n) is 11.4. The first-order chi connectivity index (χ1) is 9.97. The van der Waals surface area contributed by atoms with Crippen molar-refractivity contribution < 1.29 is 18.7 Å². The molecule has 0 bridgehead atoms. The summed E-state index contributed by atoms with van der Waals surface area (Å²) < 4.78 is 28.0. The molecule has 4 nitrogen and oxygen atoms in total. The molecule has 1 atom stereocenters. The Labute approximate surface area is 120 Å². The summed E-state index contributed by atoms with van der Waals surface area (Å²) >= 11 is 0. The number of hydrogen-bond donors (Lipinski definition) is 1. The van der Waals surface area contributed by atoms with Crippen molar-refractivity contribution in [3.8, 4) is 11.3 Å². The second kappa shape index (κ2) is 4.95. The Morgan fingerprint density at radius 2 is 2.10 bits per heavy atom. The van der Waals surface area contributed by atoms with E-state index in [1.165, 1.54) is 12.3 Å². The molecule has 1 aromatic carbocycles. The van der Waals surface area contributed by atoms with Crippen molar-refractivity contribution in [2.45, 2.75) is 25.8 Å². The van der Waals surface area contributed by atoms with Crippen LogP contribution in [0.5, 0.6) is 0 Å². The Morgan fingerprint density at radius 3 is 2.67 bits per heavy atom. The molecule has 0 amide bonds. The Kier molecular flexibility index (Phi) is 3.23. The monoisotopic (exact) mass is 292 g/mol. The first-order valence-corrected chi connectivity index (χ1v) is 6.75. The normalized spacial score (nSPS) is 16.0. The number of aromatic nitrogens is 2. The number of carboxylic acid groups (broad SMARTS) is 1. The average molecular weight is 292 g/mol. The third-order valence-corrected chi connectivity index (χ3v) is 3.88. The van der Waals surface area contributed by atoms with Crippen LogP contribution in [-0.4, -0.2) is 20.9 Å². The highest BCUT2D eigenvalue weighted by Gasteiger charge is 2.31. The van der Waals surface area contributed by atoms with Crippen LogP contribution >= 0.6 is 0 Å². The molecule has 21 heavy (non-hydrogen) atoms. The van der Waals surface area contributed by atoms with Gasteiger partial charge in [-0.2, -0.15) is 5.10 Å². The van der Waals surface area contributed by atoms with Gasteiger partial charge in [0.25, 0.3) is 0 Å². The van der Waals surface area contributed by atoms with E-state index >= 15 is 0 Å². The van der Waals surface area contributed by atoms with Crippen molar-refractivity contribution >= 4 is 5.97 Å².